The molecule has 1 amide bonds. The highest BCUT2D eigenvalue weighted by Gasteiger charge is 2.56. The van der Waals surface area contributed by atoms with E-state index in [1.807, 2.05) is 12.1 Å². The predicted octanol–water partition coefficient (Wildman–Crippen LogP) is 1.02. The number of halogens is 3. The molecule has 1 heterocycles. The van der Waals surface area contributed by atoms with E-state index < -0.39 is 23.7 Å². The van der Waals surface area contributed by atoms with Gasteiger partial charge in [0.1, 0.15) is 23.5 Å². The lowest BCUT2D eigenvalue weighted by Gasteiger charge is -2.31. The summed E-state index contributed by atoms with van der Waals surface area (Å²) in [7, 11) is 0. The van der Waals surface area contributed by atoms with Crippen molar-refractivity contribution in [1.82, 2.24) is 15.1 Å². The molecule has 0 spiro atoms. The second-order valence-corrected chi connectivity index (χ2v) is 6.58. The Bertz CT molecular complexity index is 903. The molecule has 0 fully saturated rings. The zero-order chi connectivity index (χ0) is 21.8. The molecule has 8 nitrogen and oxygen atoms in total. The monoisotopic (exact) mass is 410 g/mol. The van der Waals surface area contributed by atoms with Crippen LogP contribution in [0.5, 0.6) is 0 Å². The summed E-state index contributed by atoms with van der Waals surface area (Å²) in [6, 6.07) is 8.74. The van der Waals surface area contributed by atoms with Crippen molar-refractivity contribution in [3.05, 3.63) is 41.6 Å². The first-order valence-electron chi connectivity index (χ1n) is 8.66. The molecule has 2 aromatic rings. The molecule has 2 unspecified atom stereocenters. The van der Waals surface area contributed by atoms with Crippen LogP contribution < -0.4 is 16.8 Å². The molecule has 0 radical (unpaired) electrons. The standard InChI is InChI=1S/C18H21F3N6O2/c1-17(29,18(19,20)21)14(23)16(28)25-9-5-8-13-12(10-22)15(24)27(26-13)11-6-3-2-4-7-11/h2-4,6-7,14,29H,5,8-9,23-24H2,1H3,(H,25,28). The molecule has 1 aromatic heterocycles. The third kappa shape index (κ3) is 4.67. The van der Waals surface area contributed by atoms with Gasteiger partial charge in [0.25, 0.3) is 0 Å². The van der Waals surface area contributed by atoms with Crippen LogP contribution in [-0.2, 0) is 11.2 Å². The number of hydrogen-bond acceptors (Lipinski definition) is 6. The lowest BCUT2D eigenvalue weighted by Crippen LogP contribution is -2.62. The number of aliphatic hydroxyl groups is 1. The zero-order valence-corrected chi connectivity index (χ0v) is 15.6. The average molecular weight is 410 g/mol. The zero-order valence-electron chi connectivity index (χ0n) is 15.6. The number of carbonyl (C=O) groups is 1. The number of para-hydroxylation sites is 1. The van der Waals surface area contributed by atoms with Gasteiger partial charge in [-0.25, -0.2) is 4.68 Å². The fourth-order valence-electron chi connectivity index (χ4n) is 2.55. The van der Waals surface area contributed by atoms with Crippen molar-refractivity contribution in [3.63, 3.8) is 0 Å². The molecule has 156 valence electrons. The van der Waals surface area contributed by atoms with Crippen LogP contribution in [0.25, 0.3) is 5.69 Å². The number of nitriles is 1. The van der Waals surface area contributed by atoms with E-state index in [-0.39, 0.29) is 30.8 Å². The Labute approximate surface area is 164 Å². The summed E-state index contributed by atoms with van der Waals surface area (Å²) in [5.74, 6) is -0.969. The topological polar surface area (TPSA) is 143 Å². The number of nitrogens with one attached hydrogen (secondary N) is 1. The highest BCUT2D eigenvalue weighted by molar-refractivity contribution is 5.83. The quantitative estimate of drug-likeness (QED) is 0.502. The molecule has 29 heavy (non-hydrogen) atoms. The molecule has 0 saturated carbocycles. The SMILES string of the molecule is CC(O)(C(N)C(=O)NCCCc1nn(-c2ccccc2)c(N)c1C#N)C(F)(F)F. The van der Waals surface area contributed by atoms with Crippen molar-refractivity contribution in [2.75, 3.05) is 12.3 Å². The van der Waals surface area contributed by atoms with E-state index in [0.29, 0.717) is 18.3 Å². The summed E-state index contributed by atoms with van der Waals surface area (Å²) in [5.41, 5.74) is 9.14. The van der Waals surface area contributed by atoms with Gasteiger partial charge in [0.15, 0.2) is 5.60 Å². The van der Waals surface area contributed by atoms with Gasteiger partial charge < -0.3 is 21.9 Å². The third-order valence-electron chi connectivity index (χ3n) is 4.46. The normalized spacial score (nSPS) is 14.7. The summed E-state index contributed by atoms with van der Waals surface area (Å²) in [6.45, 7) is 0.416. The minimum atomic E-state index is -5.05. The Morgan fingerprint density at radius 2 is 2.00 bits per heavy atom. The highest BCUT2D eigenvalue weighted by Crippen LogP contribution is 2.32. The van der Waals surface area contributed by atoms with Crippen LogP contribution >= 0.6 is 0 Å². The molecule has 11 heteroatoms. The maximum atomic E-state index is 12.8. The Balaban J connectivity index is 1.99. The lowest BCUT2D eigenvalue weighted by molar-refractivity contribution is -0.258. The van der Waals surface area contributed by atoms with Crippen molar-refractivity contribution < 1.29 is 23.1 Å². The van der Waals surface area contributed by atoms with Crippen LogP contribution in [0.2, 0.25) is 0 Å². The number of rotatable bonds is 7. The van der Waals surface area contributed by atoms with Crippen LogP contribution in [0.3, 0.4) is 0 Å². The number of anilines is 1. The first-order valence-corrected chi connectivity index (χ1v) is 8.66. The van der Waals surface area contributed by atoms with Gasteiger partial charge in [-0.1, -0.05) is 18.2 Å². The molecule has 0 bridgehead atoms. The minimum Gasteiger partial charge on any atom is -0.382 e. The highest BCUT2D eigenvalue weighted by atomic mass is 19.4. The Kier molecular flexibility index (Phi) is 6.51. The third-order valence-corrected chi connectivity index (χ3v) is 4.46. The van der Waals surface area contributed by atoms with Crippen molar-refractivity contribution in [2.24, 2.45) is 5.73 Å². The van der Waals surface area contributed by atoms with Crippen LogP contribution in [-0.4, -0.2) is 45.2 Å². The molecule has 0 aliphatic carbocycles. The van der Waals surface area contributed by atoms with E-state index in [1.54, 1.807) is 24.3 Å². The molecular weight excluding hydrogens is 389 g/mol. The van der Waals surface area contributed by atoms with E-state index in [2.05, 4.69) is 10.4 Å². The summed E-state index contributed by atoms with van der Waals surface area (Å²) in [5, 5.41) is 25.4. The number of aryl methyl sites for hydroxylation is 1. The number of benzene rings is 1. The van der Waals surface area contributed by atoms with Crippen LogP contribution in [0.4, 0.5) is 19.0 Å². The minimum absolute atomic E-state index is 0.0244. The van der Waals surface area contributed by atoms with Crippen molar-refractivity contribution in [3.8, 4) is 11.8 Å². The van der Waals surface area contributed by atoms with Crippen LogP contribution in [0.15, 0.2) is 30.3 Å². The molecule has 6 N–H and O–H groups in total. The number of hydrogen-bond donors (Lipinski definition) is 4. The number of carbonyl (C=O) groups excluding carboxylic acids is 1. The van der Waals surface area contributed by atoms with Crippen molar-refractivity contribution in [2.45, 2.75) is 37.6 Å². The van der Waals surface area contributed by atoms with Crippen molar-refractivity contribution >= 4 is 11.7 Å². The molecule has 2 rings (SSSR count). The van der Waals surface area contributed by atoms with Gasteiger partial charge in [-0.3, -0.25) is 4.79 Å². The van der Waals surface area contributed by atoms with Gasteiger partial charge in [-0.15, -0.1) is 0 Å². The second-order valence-electron chi connectivity index (χ2n) is 6.58. The Morgan fingerprint density at radius 1 is 1.38 bits per heavy atom. The number of aromatic nitrogens is 2. The fourth-order valence-corrected chi connectivity index (χ4v) is 2.55. The molecular formula is C18H21F3N6O2. The van der Waals surface area contributed by atoms with Gasteiger partial charge in [0.2, 0.25) is 5.91 Å². The molecule has 0 aliphatic heterocycles. The van der Waals surface area contributed by atoms with E-state index in [1.165, 1.54) is 4.68 Å². The summed E-state index contributed by atoms with van der Waals surface area (Å²) < 4.78 is 39.7. The van der Waals surface area contributed by atoms with Gasteiger partial charge in [0, 0.05) is 6.54 Å². The number of alkyl halides is 3. The summed E-state index contributed by atoms with van der Waals surface area (Å²) >= 11 is 0. The number of nitrogens with zero attached hydrogens (tertiary/aromatic N) is 3. The first kappa shape index (κ1) is 22.2. The molecule has 0 aliphatic rings. The van der Waals surface area contributed by atoms with Crippen LogP contribution in [0, 0.1) is 11.3 Å². The number of amides is 1. The summed E-state index contributed by atoms with van der Waals surface area (Å²) in [4.78, 5) is 11.8. The molecule has 0 saturated heterocycles. The van der Waals surface area contributed by atoms with Crippen LogP contribution in [0.1, 0.15) is 24.6 Å². The Morgan fingerprint density at radius 3 is 2.55 bits per heavy atom. The smallest absolute Gasteiger partial charge is 0.382 e. The number of nitrogen functional groups attached to an aromatic ring is 1. The van der Waals surface area contributed by atoms with Gasteiger partial charge in [-0.2, -0.15) is 23.5 Å². The van der Waals surface area contributed by atoms with E-state index in [0.717, 1.165) is 0 Å². The Hall–Kier alpha value is -3.10. The van der Waals surface area contributed by atoms with Gasteiger partial charge >= 0.3 is 6.18 Å². The fraction of sp³-hybridized carbons (Fsp3) is 0.389. The molecule has 1 aromatic carbocycles. The first-order chi connectivity index (χ1) is 13.5. The maximum absolute atomic E-state index is 12.8. The van der Waals surface area contributed by atoms with Crippen molar-refractivity contribution in [1.29, 1.82) is 5.26 Å². The lowest BCUT2D eigenvalue weighted by atomic mass is 9.96. The van der Waals surface area contributed by atoms with E-state index in [9.17, 15) is 28.3 Å². The van der Waals surface area contributed by atoms with Gasteiger partial charge in [-0.05, 0) is 31.9 Å². The summed E-state index contributed by atoms with van der Waals surface area (Å²) in [6.07, 6.45) is -4.53. The average Bonchev–Trinajstić information content (AvgIpc) is 2.99. The number of nitrogens with two attached hydrogens (primary N) is 2. The molecule has 2 atom stereocenters. The van der Waals surface area contributed by atoms with Gasteiger partial charge in [0.05, 0.1) is 11.4 Å². The second kappa shape index (κ2) is 8.50. The maximum Gasteiger partial charge on any atom is 0.418 e. The van der Waals surface area contributed by atoms with E-state index in [4.69, 9.17) is 11.5 Å². The van der Waals surface area contributed by atoms with E-state index >= 15 is 0 Å². The largest absolute Gasteiger partial charge is 0.418 e. The predicted molar refractivity (Wildman–Crippen MR) is 98.7 cm³/mol.